The van der Waals surface area contributed by atoms with E-state index in [0.29, 0.717) is 0 Å². The van der Waals surface area contributed by atoms with Crippen LogP contribution in [0.1, 0.15) is 0 Å². The Balaban J connectivity index is 1.69. The SMILES string of the molecule is N=P(N)(Sc1cccc2ccccc12)Sc1cccc2ccccc12. The zero-order chi connectivity index (χ0) is 17.3. The Bertz CT molecular complexity index is 1020. The number of rotatable bonds is 4. The van der Waals surface area contributed by atoms with Crippen LogP contribution in [0.4, 0.5) is 0 Å². The van der Waals surface area contributed by atoms with Gasteiger partial charge in [0.25, 0.3) is 0 Å². The van der Waals surface area contributed by atoms with Crippen molar-refractivity contribution < 1.29 is 0 Å². The quantitative estimate of drug-likeness (QED) is 0.364. The predicted octanol–water partition coefficient (Wildman–Crippen LogP) is 7.36. The zero-order valence-corrected chi connectivity index (χ0v) is 16.0. The normalized spacial score (nSPS) is 11.9. The minimum absolute atomic E-state index is 1.08. The van der Waals surface area contributed by atoms with Gasteiger partial charge in [0.15, 0.2) is 0 Å². The van der Waals surface area contributed by atoms with Crippen LogP contribution in [0.15, 0.2) is 94.7 Å². The molecule has 3 N–H and O–H groups in total. The first-order valence-electron chi connectivity index (χ1n) is 7.90. The van der Waals surface area contributed by atoms with Crippen molar-refractivity contribution in [1.82, 2.24) is 0 Å². The van der Waals surface area contributed by atoms with Crippen LogP contribution in [0.2, 0.25) is 0 Å². The summed E-state index contributed by atoms with van der Waals surface area (Å²) < 4.78 is 0. The molecule has 25 heavy (non-hydrogen) atoms. The van der Waals surface area contributed by atoms with Gasteiger partial charge < -0.3 is 0 Å². The summed E-state index contributed by atoms with van der Waals surface area (Å²) in [6.07, 6.45) is 0. The van der Waals surface area contributed by atoms with Crippen LogP contribution in [0.3, 0.4) is 0 Å². The molecule has 0 unspecified atom stereocenters. The summed E-state index contributed by atoms with van der Waals surface area (Å²) >= 11 is 2.99. The summed E-state index contributed by atoms with van der Waals surface area (Å²) in [5.74, 6) is 0. The fourth-order valence-electron chi connectivity index (χ4n) is 2.86. The van der Waals surface area contributed by atoms with E-state index in [0.717, 1.165) is 20.6 Å². The molecule has 0 saturated carbocycles. The third kappa shape index (κ3) is 3.63. The number of nitrogens with one attached hydrogen (secondary N) is 1. The van der Waals surface area contributed by atoms with E-state index in [9.17, 15) is 0 Å². The summed E-state index contributed by atoms with van der Waals surface area (Å²) in [5.41, 5.74) is 3.95. The van der Waals surface area contributed by atoms with E-state index in [1.165, 1.54) is 33.5 Å². The minimum Gasteiger partial charge on any atom is -0.285 e. The van der Waals surface area contributed by atoms with Gasteiger partial charge in [-0.25, -0.2) is 0 Å². The highest BCUT2D eigenvalue weighted by Crippen LogP contribution is 2.69. The van der Waals surface area contributed by atoms with Gasteiger partial charge in [0.2, 0.25) is 0 Å². The van der Waals surface area contributed by atoms with Crippen molar-refractivity contribution >= 4 is 49.9 Å². The summed E-state index contributed by atoms with van der Waals surface area (Å²) in [4.78, 5) is 2.16. The standard InChI is InChI=1S/C20H17N2PS2/c21-23(22,24-19-13-5-9-15-7-1-3-11-17(15)19)25-20-14-6-10-16-8-2-4-12-18(16)20/h1-14H,(H3,21,22). The molecule has 0 aromatic heterocycles. The van der Waals surface area contributed by atoms with Gasteiger partial charge in [-0.15, -0.1) is 0 Å². The highest BCUT2D eigenvalue weighted by atomic mass is 33.1. The van der Waals surface area contributed by atoms with E-state index >= 15 is 0 Å². The van der Waals surface area contributed by atoms with Gasteiger partial charge in [0, 0.05) is 9.79 Å². The zero-order valence-electron chi connectivity index (χ0n) is 13.4. The smallest absolute Gasteiger partial charge is 0.141 e. The molecule has 0 amide bonds. The molecule has 0 spiro atoms. The van der Waals surface area contributed by atoms with E-state index in [1.807, 2.05) is 36.4 Å². The van der Waals surface area contributed by atoms with Crippen molar-refractivity contribution in [3.8, 4) is 0 Å². The minimum atomic E-state index is -2.51. The number of hydrogen-bond donors (Lipinski definition) is 2. The van der Waals surface area contributed by atoms with Crippen molar-refractivity contribution in [2.24, 2.45) is 5.50 Å². The van der Waals surface area contributed by atoms with Gasteiger partial charge >= 0.3 is 0 Å². The van der Waals surface area contributed by atoms with Gasteiger partial charge in [-0.2, -0.15) is 0 Å². The molecule has 5 heteroatoms. The lowest BCUT2D eigenvalue weighted by Gasteiger charge is -2.17. The van der Waals surface area contributed by atoms with Gasteiger partial charge in [0.05, 0.1) is 0 Å². The Labute approximate surface area is 155 Å². The van der Waals surface area contributed by atoms with Crippen molar-refractivity contribution in [1.29, 1.82) is 5.16 Å². The van der Waals surface area contributed by atoms with Crippen LogP contribution < -0.4 is 5.50 Å². The second-order valence-electron chi connectivity index (χ2n) is 5.73. The Kier molecular flexibility index (Phi) is 4.61. The van der Waals surface area contributed by atoms with Crippen molar-refractivity contribution in [3.63, 3.8) is 0 Å². The molecule has 2 nitrogen and oxygen atoms in total. The predicted molar refractivity (Wildman–Crippen MR) is 113 cm³/mol. The van der Waals surface area contributed by atoms with Crippen LogP contribution >= 0.6 is 28.4 Å². The highest BCUT2D eigenvalue weighted by Gasteiger charge is 2.18. The van der Waals surface area contributed by atoms with E-state index < -0.39 is 5.61 Å². The Hall–Kier alpha value is -1.71. The van der Waals surface area contributed by atoms with Crippen LogP contribution in [0.5, 0.6) is 0 Å². The molecule has 0 saturated heterocycles. The highest BCUT2D eigenvalue weighted by molar-refractivity contribution is 8.90. The Morgan fingerprint density at radius 2 is 1.00 bits per heavy atom. The van der Waals surface area contributed by atoms with E-state index in [-0.39, 0.29) is 0 Å². The molecule has 4 aromatic rings. The number of benzene rings is 4. The summed E-state index contributed by atoms with van der Waals surface area (Å²) in [5, 5.41) is 13.5. The molecule has 0 radical (unpaired) electrons. The summed E-state index contributed by atoms with van der Waals surface area (Å²) in [6.45, 7) is 0. The van der Waals surface area contributed by atoms with Gasteiger partial charge in [0.1, 0.15) is 5.61 Å². The van der Waals surface area contributed by atoms with Crippen LogP contribution in [-0.4, -0.2) is 0 Å². The molecular formula is C20H17N2PS2. The molecule has 0 atom stereocenters. The maximum atomic E-state index is 8.77. The second kappa shape index (κ2) is 6.89. The number of fused-ring (bicyclic) bond motifs is 2. The molecule has 4 rings (SSSR count). The number of hydrogen-bond acceptors (Lipinski definition) is 3. The average Bonchev–Trinajstić information content (AvgIpc) is 2.62. The molecule has 0 aliphatic carbocycles. The van der Waals surface area contributed by atoms with Gasteiger partial charge in [-0.3, -0.25) is 10.7 Å². The monoisotopic (exact) mass is 380 g/mol. The van der Waals surface area contributed by atoms with Crippen LogP contribution in [0, 0.1) is 5.16 Å². The molecule has 0 bridgehead atoms. The molecule has 4 aromatic carbocycles. The topological polar surface area (TPSA) is 49.9 Å². The number of nitrogens with two attached hydrogens (primary N) is 1. The van der Waals surface area contributed by atoms with Crippen molar-refractivity contribution in [2.45, 2.75) is 9.79 Å². The second-order valence-corrected chi connectivity index (χ2v) is 13.4. The van der Waals surface area contributed by atoms with E-state index in [4.69, 9.17) is 10.7 Å². The fraction of sp³-hybridized carbons (Fsp3) is 0. The molecule has 0 heterocycles. The Morgan fingerprint density at radius 3 is 1.48 bits per heavy atom. The summed E-state index contributed by atoms with van der Waals surface area (Å²) in [6, 6.07) is 28.9. The van der Waals surface area contributed by atoms with Crippen molar-refractivity contribution in [2.75, 3.05) is 0 Å². The first-order chi connectivity index (χ1) is 12.1. The average molecular weight is 380 g/mol. The third-order valence-electron chi connectivity index (χ3n) is 3.97. The summed E-state index contributed by atoms with van der Waals surface area (Å²) in [7, 11) is 0. The fourth-order valence-corrected chi connectivity index (χ4v) is 8.93. The molecule has 0 aliphatic heterocycles. The van der Waals surface area contributed by atoms with Crippen LogP contribution in [0.25, 0.3) is 21.5 Å². The first kappa shape index (κ1) is 16.7. The maximum absolute atomic E-state index is 8.77. The molecule has 0 fully saturated rings. The van der Waals surface area contributed by atoms with E-state index in [1.54, 1.807) is 0 Å². The lowest BCUT2D eigenvalue weighted by Crippen LogP contribution is -1.87. The van der Waals surface area contributed by atoms with Gasteiger partial charge in [-0.1, -0.05) is 95.6 Å². The van der Waals surface area contributed by atoms with Crippen LogP contribution in [-0.2, 0) is 0 Å². The first-order valence-corrected chi connectivity index (χ1v) is 12.6. The van der Waals surface area contributed by atoms with Gasteiger partial charge in [-0.05, 0) is 33.7 Å². The Morgan fingerprint density at radius 1 is 0.600 bits per heavy atom. The largest absolute Gasteiger partial charge is 0.285 e. The molecular weight excluding hydrogens is 363 g/mol. The molecule has 0 aliphatic rings. The lowest BCUT2D eigenvalue weighted by atomic mass is 10.1. The van der Waals surface area contributed by atoms with E-state index in [2.05, 4.69) is 48.5 Å². The third-order valence-corrected chi connectivity index (χ3v) is 9.76. The van der Waals surface area contributed by atoms with Crippen molar-refractivity contribution in [3.05, 3.63) is 84.9 Å². The maximum Gasteiger partial charge on any atom is 0.141 e. The lowest BCUT2D eigenvalue weighted by molar-refractivity contribution is 1.54. The molecule has 124 valence electrons.